The SMILES string of the molecule is CC1CN(C)C(CN)C(=O)N1c1ccc(F)cc1. The van der Waals surface area contributed by atoms with E-state index in [-0.39, 0.29) is 23.8 Å². The van der Waals surface area contributed by atoms with Crippen LogP contribution in [0, 0.1) is 5.82 Å². The van der Waals surface area contributed by atoms with E-state index in [4.69, 9.17) is 5.73 Å². The number of carbonyl (C=O) groups excluding carboxylic acids is 1. The molecule has 1 fully saturated rings. The van der Waals surface area contributed by atoms with Gasteiger partial charge in [0.2, 0.25) is 5.91 Å². The standard InChI is InChI=1S/C13H18FN3O/c1-9-8-16(2)12(7-15)13(18)17(9)11-5-3-10(14)4-6-11/h3-6,9,12H,7-8,15H2,1-2H3. The van der Waals surface area contributed by atoms with Crippen LogP contribution in [0.2, 0.25) is 0 Å². The maximum absolute atomic E-state index is 12.9. The van der Waals surface area contributed by atoms with Gasteiger partial charge in [0.05, 0.1) is 0 Å². The maximum Gasteiger partial charge on any atom is 0.245 e. The Bertz CT molecular complexity index is 434. The summed E-state index contributed by atoms with van der Waals surface area (Å²) in [5.41, 5.74) is 6.37. The number of nitrogens with zero attached hydrogens (tertiary/aromatic N) is 2. The van der Waals surface area contributed by atoms with Crippen molar-refractivity contribution in [3.8, 4) is 0 Å². The van der Waals surface area contributed by atoms with Gasteiger partial charge in [-0.2, -0.15) is 0 Å². The molecule has 2 atom stereocenters. The van der Waals surface area contributed by atoms with Crippen LogP contribution in [0.3, 0.4) is 0 Å². The van der Waals surface area contributed by atoms with Crippen LogP contribution >= 0.6 is 0 Å². The molecule has 0 radical (unpaired) electrons. The normalized spacial score (nSPS) is 25.6. The summed E-state index contributed by atoms with van der Waals surface area (Å²) < 4.78 is 12.9. The molecule has 0 saturated carbocycles. The number of amides is 1. The van der Waals surface area contributed by atoms with Crippen LogP contribution < -0.4 is 10.6 Å². The Morgan fingerprint density at radius 1 is 1.39 bits per heavy atom. The number of carbonyl (C=O) groups is 1. The molecule has 1 saturated heterocycles. The van der Waals surface area contributed by atoms with Gasteiger partial charge in [-0.25, -0.2) is 4.39 Å². The lowest BCUT2D eigenvalue weighted by Crippen LogP contribution is -2.62. The van der Waals surface area contributed by atoms with Crippen LogP contribution in [0.5, 0.6) is 0 Å². The van der Waals surface area contributed by atoms with Crippen LogP contribution in [-0.4, -0.2) is 43.0 Å². The van der Waals surface area contributed by atoms with Gasteiger partial charge in [0.1, 0.15) is 11.9 Å². The third-order valence-electron chi connectivity index (χ3n) is 3.38. The molecule has 98 valence electrons. The quantitative estimate of drug-likeness (QED) is 0.846. The molecule has 1 aromatic rings. The van der Waals surface area contributed by atoms with Crippen molar-refractivity contribution in [2.75, 3.05) is 25.0 Å². The molecule has 0 bridgehead atoms. The van der Waals surface area contributed by atoms with Crippen molar-refractivity contribution in [1.29, 1.82) is 0 Å². The number of benzene rings is 1. The van der Waals surface area contributed by atoms with E-state index in [0.29, 0.717) is 6.54 Å². The molecule has 0 spiro atoms. The summed E-state index contributed by atoms with van der Waals surface area (Å²) in [4.78, 5) is 16.0. The highest BCUT2D eigenvalue weighted by molar-refractivity contribution is 5.98. The summed E-state index contributed by atoms with van der Waals surface area (Å²) >= 11 is 0. The first kappa shape index (κ1) is 13.0. The molecule has 18 heavy (non-hydrogen) atoms. The van der Waals surface area contributed by atoms with Crippen molar-refractivity contribution in [2.45, 2.75) is 19.0 Å². The summed E-state index contributed by atoms with van der Waals surface area (Å²) in [5, 5.41) is 0. The molecule has 2 rings (SSSR count). The average molecular weight is 251 g/mol. The highest BCUT2D eigenvalue weighted by Crippen LogP contribution is 2.23. The van der Waals surface area contributed by atoms with Crippen molar-refractivity contribution in [3.63, 3.8) is 0 Å². The highest BCUT2D eigenvalue weighted by Gasteiger charge is 2.36. The highest BCUT2D eigenvalue weighted by atomic mass is 19.1. The molecule has 0 aromatic heterocycles. The molecule has 1 aliphatic heterocycles. The van der Waals surface area contributed by atoms with Crippen LogP contribution in [0.25, 0.3) is 0 Å². The summed E-state index contributed by atoms with van der Waals surface area (Å²) in [5.74, 6) is -0.325. The van der Waals surface area contributed by atoms with Crippen LogP contribution in [0.15, 0.2) is 24.3 Å². The number of halogens is 1. The number of rotatable bonds is 2. The second kappa shape index (κ2) is 5.04. The Hall–Kier alpha value is -1.46. The van der Waals surface area contributed by atoms with Gasteiger partial charge in [-0.1, -0.05) is 0 Å². The van der Waals surface area contributed by atoms with Gasteiger partial charge < -0.3 is 10.6 Å². The van der Waals surface area contributed by atoms with Gasteiger partial charge in [0.25, 0.3) is 0 Å². The predicted molar refractivity (Wildman–Crippen MR) is 68.8 cm³/mol. The van der Waals surface area contributed by atoms with E-state index in [0.717, 1.165) is 12.2 Å². The molecular weight excluding hydrogens is 233 g/mol. The van der Waals surface area contributed by atoms with Crippen molar-refractivity contribution in [1.82, 2.24) is 4.90 Å². The third-order valence-corrected chi connectivity index (χ3v) is 3.38. The van der Waals surface area contributed by atoms with Gasteiger partial charge in [0, 0.05) is 24.8 Å². The molecule has 1 aliphatic rings. The summed E-state index contributed by atoms with van der Waals surface area (Å²) in [7, 11) is 1.90. The Balaban J connectivity index is 2.30. The lowest BCUT2D eigenvalue weighted by molar-refractivity contribution is -0.125. The van der Waals surface area contributed by atoms with Gasteiger partial charge in [-0.15, -0.1) is 0 Å². The zero-order valence-electron chi connectivity index (χ0n) is 10.6. The Morgan fingerprint density at radius 3 is 2.56 bits per heavy atom. The van der Waals surface area contributed by atoms with E-state index >= 15 is 0 Å². The minimum Gasteiger partial charge on any atom is -0.328 e. The van der Waals surface area contributed by atoms with Crippen LogP contribution in [-0.2, 0) is 4.79 Å². The lowest BCUT2D eigenvalue weighted by atomic mass is 10.1. The molecule has 2 N–H and O–H groups in total. The topological polar surface area (TPSA) is 49.6 Å². The second-order valence-corrected chi connectivity index (χ2v) is 4.72. The van der Waals surface area contributed by atoms with E-state index in [2.05, 4.69) is 0 Å². The van der Waals surface area contributed by atoms with Gasteiger partial charge in [-0.3, -0.25) is 9.69 Å². The molecular formula is C13H18FN3O. The Kier molecular flexibility index (Phi) is 3.63. The van der Waals surface area contributed by atoms with Crippen LogP contribution in [0.1, 0.15) is 6.92 Å². The van der Waals surface area contributed by atoms with Gasteiger partial charge >= 0.3 is 0 Å². The Labute approximate surface area is 106 Å². The van der Waals surface area contributed by atoms with E-state index in [1.807, 2.05) is 18.9 Å². The molecule has 1 amide bonds. The van der Waals surface area contributed by atoms with E-state index in [1.165, 1.54) is 12.1 Å². The van der Waals surface area contributed by atoms with E-state index in [9.17, 15) is 9.18 Å². The number of hydrogen-bond acceptors (Lipinski definition) is 3. The monoisotopic (exact) mass is 251 g/mol. The first-order chi connectivity index (χ1) is 8.54. The number of anilines is 1. The summed E-state index contributed by atoms with van der Waals surface area (Å²) in [6.07, 6.45) is 0. The number of likely N-dealkylation sites (N-methyl/N-ethyl adjacent to an activating group) is 1. The minimum atomic E-state index is -0.302. The largest absolute Gasteiger partial charge is 0.328 e. The van der Waals surface area contributed by atoms with Crippen LogP contribution in [0.4, 0.5) is 10.1 Å². The minimum absolute atomic E-state index is 0.0228. The number of piperazine rings is 1. The lowest BCUT2D eigenvalue weighted by Gasteiger charge is -2.42. The van der Waals surface area contributed by atoms with Gasteiger partial charge in [-0.05, 0) is 38.2 Å². The summed E-state index contributed by atoms with van der Waals surface area (Å²) in [6.45, 7) is 3.02. The molecule has 1 aromatic carbocycles. The first-order valence-corrected chi connectivity index (χ1v) is 6.03. The second-order valence-electron chi connectivity index (χ2n) is 4.72. The zero-order chi connectivity index (χ0) is 13.3. The smallest absolute Gasteiger partial charge is 0.245 e. The fourth-order valence-corrected chi connectivity index (χ4v) is 2.46. The molecule has 5 heteroatoms. The van der Waals surface area contributed by atoms with E-state index < -0.39 is 0 Å². The number of nitrogens with two attached hydrogens (primary N) is 1. The zero-order valence-corrected chi connectivity index (χ0v) is 10.6. The fraction of sp³-hybridized carbons (Fsp3) is 0.462. The fourth-order valence-electron chi connectivity index (χ4n) is 2.46. The van der Waals surface area contributed by atoms with Gasteiger partial charge in [0.15, 0.2) is 0 Å². The first-order valence-electron chi connectivity index (χ1n) is 6.03. The molecule has 4 nitrogen and oxygen atoms in total. The van der Waals surface area contributed by atoms with Crippen molar-refractivity contribution >= 4 is 11.6 Å². The third kappa shape index (κ3) is 2.23. The van der Waals surface area contributed by atoms with Crippen molar-refractivity contribution < 1.29 is 9.18 Å². The van der Waals surface area contributed by atoms with Crippen molar-refractivity contribution in [3.05, 3.63) is 30.1 Å². The molecule has 1 heterocycles. The Morgan fingerprint density at radius 2 is 2.00 bits per heavy atom. The summed E-state index contributed by atoms with van der Waals surface area (Å²) in [6, 6.07) is 5.74. The number of hydrogen-bond donors (Lipinski definition) is 1. The molecule has 2 unspecified atom stereocenters. The average Bonchev–Trinajstić information content (AvgIpc) is 2.31. The van der Waals surface area contributed by atoms with Crippen molar-refractivity contribution in [2.24, 2.45) is 5.73 Å². The van der Waals surface area contributed by atoms with E-state index in [1.54, 1.807) is 17.0 Å². The predicted octanol–water partition coefficient (Wildman–Crippen LogP) is 0.820. The maximum atomic E-state index is 12.9. The molecule has 0 aliphatic carbocycles.